The number of rotatable bonds is 2. The number of fused-ring (bicyclic) bond motifs is 1. The Morgan fingerprint density at radius 3 is 3.00 bits per heavy atom. The molecule has 3 rings (SSSR count). The summed E-state index contributed by atoms with van der Waals surface area (Å²) in [6, 6.07) is 5.95. The molecule has 2 N–H and O–H groups in total. The van der Waals surface area contributed by atoms with Crippen LogP contribution >= 0.6 is 0 Å². The van der Waals surface area contributed by atoms with Crippen molar-refractivity contribution in [1.29, 1.82) is 0 Å². The molecule has 2 aromatic rings. The maximum atomic E-state index is 10.8. The van der Waals surface area contributed by atoms with Crippen LogP contribution in [-0.2, 0) is 4.79 Å². The minimum atomic E-state index is -0.720. The molecular weight excluding hydrogens is 204 g/mol. The van der Waals surface area contributed by atoms with Crippen molar-refractivity contribution in [2.24, 2.45) is 5.92 Å². The fourth-order valence-corrected chi connectivity index (χ4v) is 2.14. The topological polar surface area (TPSA) is 66.0 Å². The van der Waals surface area contributed by atoms with Gasteiger partial charge in [-0.3, -0.25) is 4.79 Å². The minimum Gasteiger partial charge on any atom is -0.481 e. The third kappa shape index (κ3) is 1.30. The average Bonchev–Trinajstić information content (AvgIpc) is 2.92. The molecule has 82 valence electrons. The highest BCUT2D eigenvalue weighted by Crippen LogP contribution is 2.46. The number of aliphatic carboxylic acids is 1. The molecule has 1 aromatic heterocycles. The number of nitrogens with zero attached hydrogens (tertiary/aromatic N) is 1. The molecule has 1 aliphatic carbocycles. The first-order valence-corrected chi connectivity index (χ1v) is 5.35. The molecule has 0 spiro atoms. The summed E-state index contributed by atoms with van der Waals surface area (Å²) < 4.78 is 0. The Morgan fingerprint density at radius 2 is 2.38 bits per heavy atom. The maximum absolute atomic E-state index is 10.8. The summed E-state index contributed by atoms with van der Waals surface area (Å²) in [6.07, 6.45) is 0.703. The summed E-state index contributed by atoms with van der Waals surface area (Å²) >= 11 is 0. The molecule has 0 amide bonds. The fourth-order valence-electron chi connectivity index (χ4n) is 2.14. The number of aromatic amines is 1. The predicted molar refractivity (Wildman–Crippen MR) is 59.3 cm³/mol. The van der Waals surface area contributed by atoms with Gasteiger partial charge in [0.25, 0.3) is 0 Å². The lowest BCUT2D eigenvalue weighted by Gasteiger charge is -1.90. The van der Waals surface area contributed by atoms with E-state index in [-0.39, 0.29) is 11.8 Å². The van der Waals surface area contributed by atoms with Crippen molar-refractivity contribution in [3.8, 4) is 0 Å². The maximum Gasteiger partial charge on any atom is 0.307 e. The summed E-state index contributed by atoms with van der Waals surface area (Å²) in [5, 5.41) is 8.87. The number of aryl methyl sites for hydroxylation is 1. The lowest BCUT2D eigenvalue weighted by Crippen LogP contribution is -1.99. The molecule has 0 unspecified atom stereocenters. The second-order valence-corrected chi connectivity index (χ2v) is 4.38. The molecule has 0 saturated heterocycles. The van der Waals surface area contributed by atoms with E-state index in [1.165, 1.54) is 0 Å². The molecule has 1 saturated carbocycles. The van der Waals surface area contributed by atoms with Crippen molar-refractivity contribution >= 4 is 17.0 Å². The number of benzene rings is 1. The molecule has 1 aliphatic rings. The van der Waals surface area contributed by atoms with Crippen LogP contribution in [-0.4, -0.2) is 21.0 Å². The van der Waals surface area contributed by atoms with Gasteiger partial charge in [0.1, 0.15) is 5.82 Å². The van der Waals surface area contributed by atoms with E-state index in [0.717, 1.165) is 22.4 Å². The second kappa shape index (κ2) is 3.07. The van der Waals surface area contributed by atoms with Crippen molar-refractivity contribution in [2.45, 2.75) is 19.3 Å². The van der Waals surface area contributed by atoms with Crippen LogP contribution in [0.3, 0.4) is 0 Å². The van der Waals surface area contributed by atoms with E-state index in [9.17, 15) is 4.79 Å². The number of nitrogens with one attached hydrogen (secondary N) is 1. The van der Waals surface area contributed by atoms with E-state index < -0.39 is 5.97 Å². The van der Waals surface area contributed by atoms with Crippen LogP contribution in [0, 0.1) is 12.8 Å². The molecule has 2 atom stereocenters. The van der Waals surface area contributed by atoms with Gasteiger partial charge in [0, 0.05) is 5.92 Å². The molecule has 4 nitrogen and oxygen atoms in total. The third-order valence-corrected chi connectivity index (χ3v) is 3.19. The second-order valence-electron chi connectivity index (χ2n) is 4.38. The number of imidazole rings is 1. The monoisotopic (exact) mass is 216 g/mol. The fraction of sp³-hybridized carbons (Fsp3) is 0.333. The van der Waals surface area contributed by atoms with E-state index >= 15 is 0 Å². The molecule has 4 heteroatoms. The molecule has 0 bridgehead atoms. The van der Waals surface area contributed by atoms with E-state index in [1.807, 2.05) is 25.1 Å². The minimum absolute atomic E-state index is 0.0734. The summed E-state index contributed by atoms with van der Waals surface area (Å²) in [5.74, 6) is -0.0796. The Balaban J connectivity index is 2.01. The van der Waals surface area contributed by atoms with Crippen LogP contribution in [0.5, 0.6) is 0 Å². The predicted octanol–water partition coefficient (Wildman–Crippen LogP) is 2.06. The van der Waals surface area contributed by atoms with Gasteiger partial charge in [-0.2, -0.15) is 0 Å². The normalized spacial score (nSPS) is 23.6. The van der Waals surface area contributed by atoms with Crippen molar-refractivity contribution in [1.82, 2.24) is 9.97 Å². The first-order valence-electron chi connectivity index (χ1n) is 5.35. The van der Waals surface area contributed by atoms with Crippen molar-refractivity contribution in [3.05, 3.63) is 29.6 Å². The average molecular weight is 216 g/mol. The number of hydrogen-bond donors (Lipinski definition) is 2. The van der Waals surface area contributed by atoms with Gasteiger partial charge >= 0.3 is 5.97 Å². The number of carboxylic acid groups (broad SMARTS) is 1. The van der Waals surface area contributed by atoms with Crippen LogP contribution < -0.4 is 0 Å². The quantitative estimate of drug-likeness (QED) is 0.807. The first kappa shape index (κ1) is 9.39. The highest BCUT2D eigenvalue weighted by atomic mass is 16.4. The molecule has 0 radical (unpaired) electrons. The van der Waals surface area contributed by atoms with Gasteiger partial charge in [-0.1, -0.05) is 12.1 Å². The van der Waals surface area contributed by atoms with Crippen LogP contribution in [0.15, 0.2) is 18.2 Å². The number of aromatic nitrogens is 2. The van der Waals surface area contributed by atoms with E-state index in [2.05, 4.69) is 9.97 Å². The van der Waals surface area contributed by atoms with Gasteiger partial charge in [0.05, 0.1) is 17.0 Å². The van der Waals surface area contributed by atoms with Gasteiger partial charge in [-0.15, -0.1) is 0 Å². The molecule has 0 aliphatic heterocycles. The molecule has 16 heavy (non-hydrogen) atoms. The summed E-state index contributed by atoms with van der Waals surface area (Å²) in [7, 11) is 0. The number of para-hydroxylation sites is 1. The van der Waals surface area contributed by atoms with Crippen LogP contribution in [0.1, 0.15) is 23.7 Å². The Kier molecular flexibility index (Phi) is 1.80. The van der Waals surface area contributed by atoms with E-state index in [4.69, 9.17) is 5.11 Å². The van der Waals surface area contributed by atoms with Crippen molar-refractivity contribution in [3.63, 3.8) is 0 Å². The highest BCUT2D eigenvalue weighted by molar-refractivity contribution is 5.80. The Hall–Kier alpha value is -1.84. The Morgan fingerprint density at radius 1 is 1.56 bits per heavy atom. The van der Waals surface area contributed by atoms with Crippen LogP contribution in [0.25, 0.3) is 11.0 Å². The standard InChI is InChI=1S/C12H12N2O2/c1-6-3-2-4-9-10(6)14-11(13-9)7-5-8(7)12(15)16/h2-4,7-8H,5H2,1H3,(H,13,14)(H,15,16)/t7-,8-/m1/s1. The third-order valence-electron chi connectivity index (χ3n) is 3.19. The zero-order valence-corrected chi connectivity index (χ0v) is 8.90. The molecule has 1 aromatic carbocycles. The number of carbonyl (C=O) groups is 1. The van der Waals surface area contributed by atoms with Crippen molar-refractivity contribution in [2.75, 3.05) is 0 Å². The molecule has 1 heterocycles. The zero-order valence-electron chi connectivity index (χ0n) is 8.90. The largest absolute Gasteiger partial charge is 0.481 e. The van der Waals surface area contributed by atoms with Crippen LogP contribution in [0.2, 0.25) is 0 Å². The Bertz CT molecular complexity index is 573. The first-order chi connectivity index (χ1) is 7.66. The number of H-pyrrole nitrogens is 1. The number of hydrogen-bond acceptors (Lipinski definition) is 2. The number of carboxylic acids is 1. The lowest BCUT2D eigenvalue weighted by molar-refractivity contribution is -0.138. The van der Waals surface area contributed by atoms with Gasteiger partial charge in [-0.05, 0) is 25.0 Å². The van der Waals surface area contributed by atoms with Gasteiger partial charge in [-0.25, -0.2) is 4.98 Å². The van der Waals surface area contributed by atoms with Crippen LogP contribution in [0.4, 0.5) is 0 Å². The summed E-state index contributed by atoms with van der Waals surface area (Å²) in [4.78, 5) is 18.5. The summed E-state index contributed by atoms with van der Waals surface area (Å²) in [5.41, 5.74) is 3.06. The van der Waals surface area contributed by atoms with Crippen molar-refractivity contribution < 1.29 is 9.90 Å². The molecule has 1 fully saturated rings. The summed E-state index contributed by atoms with van der Waals surface area (Å²) in [6.45, 7) is 2.01. The zero-order chi connectivity index (χ0) is 11.3. The molecular formula is C12H12N2O2. The van der Waals surface area contributed by atoms with Gasteiger partial charge in [0.2, 0.25) is 0 Å². The highest BCUT2D eigenvalue weighted by Gasteiger charge is 2.46. The Labute approximate surface area is 92.3 Å². The van der Waals surface area contributed by atoms with E-state index in [1.54, 1.807) is 0 Å². The van der Waals surface area contributed by atoms with E-state index in [0.29, 0.717) is 6.42 Å². The smallest absolute Gasteiger partial charge is 0.307 e. The SMILES string of the molecule is Cc1cccc2[nH]c([C@@H]3C[C@H]3C(=O)O)nc12. The van der Waals surface area contributed by atoms with Gasteiger partial charge in [0.15, 0.2) is 0 Å². The lowest BCUT2D eigenvalue weighted by atomic mass is 10.2. The van der Waals surface area contributed by atoms with Gasteiger partial charge < -0.3 is 10.1 Å².